The highest BCUT2D eigenvalue weighted by Gasteiger charge is 2.11. The Kier molecular flexibility index (Phi) is 6.02. The van der Waals surface area contributed by atoms with E-state index >= 15 is 0 Å². The zero-order valence-electron chi connectivity index (χ0n) is 13.9. The zero-order chi connectivity index (χ0) is 19.4. The second-order valence-electron chi connectivity index (χ2n) is 5.64. The number of carbonyl (C=O) groups excluding carboxylic acids is 2. The number of benzene rings is 2. The molecule has 0 saturated carbocycles. The fourth-order valence-corrected chi connectivity index (χ4v) is 3.24. The third-order valence-electron chi connectivity index (χ3n) is 3.80. The lowest BCUT2D eigenvalue weighted by molar-refractivity contribution is -0.122. The second kappa shape index (κ2) is 8.45. The SMILES string of the molecule is O=C(CCn1cnc2ccc(Br)cc2c1=O)NNC(=O)c1ccccc1Br. The van der Waals surface area contributed by atoms with Crippen LogP contribution in [-0.2, 0) is 11.3 Å². The van der Waals surface area contributed by atoms with Crippen LogP contribution < -0.4 is 16.4 Å². The van der Waals surface area contributed by atoms with Crippen LogP contribution in [0.3, 0.4) is 0 Å². The quantitative estimate of drug-likeness (QED) is 0.546. The molecule has 27 heavy (non-hydrogen) atoms. The van der Waals surface area contributed by atoms with Crippen LogP contribution in [0.2, 0.25) is 0 Å². The van der Waals surface area contributed by atoms with Crippen molar-refractivity contribution >= 4 is 54.6 Å². The van der Waals surface area contributed by atoms with Gasteiger partial charge >= 0.3 is 0 Å². The highest BCUT2D eigenvalue weighted by atomic mass is 79.9. The fourth-order valence-electron chi connectivity index (χ4n) is 2.41. The number of aryl methyl sites for hydroxylation is 1. The van der Waals surface area contributed by atoms with Crippen molar-refractivity contribution in [2.45, 2.75) is 13.0 Å². The van der Waals surface area contributed by atoms with Gasteiger partial charge in [-0.2, -0.15) is 0 Å². The Bertz CT molecular complexity index is 1080. The molecule has 1 heterocycles. The van der Waals surface area contributed by atoms with Gasteiger partial charge in [-0.3, -0.25) is 29.8 Å². The summed E-state index contributed by atoms with van der Waals surface area (Å²) in [6.45, 7) is 0.144. The summed E-state index contributed by atoms with van der Waals surface area (Å²) >= 11 is 6.60. The minimum atomic E-state index is -0.440. The smallest absolute Gasteiger partial charge is 0.270 e. The molecule has 0 aliphatic rings. The van der Waals surface area contributed by atoms with Crippen LogP contribution >= 0.6 is 31.9 Å². The maximum absolute atomic E-state index is 12.5. The molecule has 0 atom stereocenters. The van der Waals surface area contributed by atoms with Crippen molar-refractivity contribution in [3.05, 3.63) is 73.7 Å². The fraction of sp³-hybridized carbons (Fsp3) is 0.111. The average Bonchev–Trinajstić information content (AvgIpc) is 2.66. The Morgan fingerprint density at radius 2 is 1.85 bits per heavy atom. The van der Waals surface area contributed by atoms with Gasteiger partial charge in [-0.05, 0) is 46.3 Å². The van der Waals surface area contributed by atoms with Gasteiger partial charge in [-0.15, -0.1) is 0 Å². The summed E-state index contributed by atoms with van der Waals surface area (Å²) in [5.74, 6) is -0.859. The number of hydrazine groups is 1. The number of hydrogen-bond acceptors (Lipinski definition) is 4. The van der Waals surface area contributed by atoms with E-state index in [4.69, 9.17) is 0 Å². The molecule has 0 fully saturated rings. The summed E-state index contributed by atoms with van der Waals surface area (Å²) < 4.78 is 2.76. The van der Waals surface area contributed by atoms with Gasteiger partial charge in [0.05, 0.1) is 22.8 Å². The molecule has 2 aromatic carbocycles. The van der Waals surface area contributed by atoms with Crippen LogP contribution in [0, 0.1) is 0 Å². The van der Waals surface area contributed by atoms with Gasteiger partial charge in [-0.1, -0.05) is 28.1 Å². The van der Waals surface area contributed by atoms with E-state index in [2.05, 4.69) is 47.7 Å². The monoisotopic (exact) mass is 492 g/mol. The van der Waals surface area contributed by atoms with E-state index in [1.807, 2.05) is 0 Å². The minimum Gasteiger partial charge on any atom is -0.298 e. The van der Waals surface area contributed by atoms with E-state index in [1.165, 1.54) is 10.9 Å². The first-order chi connectivity index (χ1) is 13.0. The number of carbonyl (C=O) groups is 2. The summed E-state index contributed by atoms with van der Waals surface area (Å²) in [6, 6.07) is 12.1. The Labute approximate surface area is 171 Å². The summed E-state index contributed by atoms with van der Waals surface area (Å²) in [6.07, 6.45) is 1.42. The molecule has 7 nitrogen and oxygen atoms in total. The maximum atomic E-state index is 12.5. The molecule has 0 aliphatic carbocycles. The lowest BCUT2D eigenvalue weighted by atomic mass is 10.2. The molecule has 1 aromatic heterocycles. The molecular formula is C18H14Br2N4O3. The van der Waals surface area contributed by atoms with Gasteiger partial charge in [0.15, 0.2) is 0 Å². The lowest BCUT2D eigenvalue weighted by Crippen LogP contribution is -2.42. The van der Waals surface area contributed by atoms with E-state index in [0.717, 1.165) is 4.47 Å². The third kappa shape index (κ3) is 4.61. The highest BCUT2D eigenvalue weighted by Crippen LogP contribution is 2.15. The van der Waals surface area contributed by atoms with Gasteiger partial charge in [0.1, 0.15) is 0 Å². The van der Waals surface area contributed by atoms with Crippen LogP contribution in [0.1, 0.15) is 16.8 Å². The van der Waals surface area contributed by atoms with Crippen molar-refractivity contribution in [1.82, 2.24) is 20.4 Å². The Hall–Kier alpha value is -2.52. The number of hydrogen-bond donors (Lipinski definition) is 2. The Morgan fingerprint density at radius 3 is 2.63 bits per heavy atom. The molecule has 0 saturated heterocycles. The van der Waals surface area contributed by atoms with Crippen LogP contribution in [0.15, 0.2) is 62.5 Å². The number of rotatable bonds is 4. The van der Waals surface area contributed by atoms with E-state index in [1.54, 1.807) is 42.5 Å². The van der Waals surface area contributed by atoms with Gasteiger partial charge in [0.2, 0.25) is 5.91 Å². The normalized spacial score (nSPS) is 10.6. The van der Waals surface area contributed by atoms with Crippen LogP contribution in [0.4, 0.5) is 0 Å². The summed E-state index contributed by atoms with van der Waals surface area (Å²) in [4.78, 5) is 40.7. The van der Waals surface area contributed by atoms with E-state index < -0.39 is 11.8 Å². The molecule has 0 aliphatic heterocycles. The molecule has 0 bridgehead atoms. The van der Waals surface area contributed by atoms with Crippen molar-refractivity contribution in [3.63, 3.8) is 0 Å². The molecule has 3 aromatic rings. The summed E-state index contributed by atoms with van der Waals surface area (Å²) in [7, 11) is 0. The molecule has 3 rings (SSSR count). The summed E-state index contributed by atoms with van der Waals surface area (Å²) in [5, 5.41) is 0.467. The number of aromatic nitrogens is 2. The first kappa shape index (κ1) is 19.2. The molecule has 2 amide bonds. The maximum Gasteiger partial charge on any atom is 0.270 e. The number of fused-ring (bicyclic) bond motifs is 1. The van der Waals surface area contributed by atoms with Crippen molar-refractivity contribution < 1.29 is 9.59 Å². The zero-order valence-corrected chi connectivity index (χ0v) is 17.1. The van der Waals surface area contributed by atoms with Gasteiger partial charge in [-0.25, -0.2) is 4.98 Å². The van der Waals surface area contributed by atoms with Gasteiger partial charge in [0.25, 0.3) is 11.5 Å². The van der Waals surface area contributed by atoms with E-state index in [-0.39, 0.29) is 18.5 Å². The van der Waals surface area contributed by atoms with Crippen molar-refractivity contribution in [3.8, 4) is 0 Å². The molecule has 0 spiro atoms. The predicted molar refractivity (Wildman–Crippen MR) is 108 cm³/mol. The highest BCUT2D eigenvalue weighted by molar-refractivity contribution is 9.10. The third-order valence-corrected chi connectivity index (χ3v) is 4.98. The van der Waals surface area contributed by atoms with Crippen molar-refractivity contribution in [2.24, 2.45) is 0 Å². The molecule has 0 unspecified atom stereocenters. The topological polar surface area (TPSA) is 93.1 Å². The van der Waals surface area contributed by atoms with Crippen LogP contribution in [0.5, 0.6) is 0 Å². The van der Waals surface area contributed by atoms with Crippen LogP contribution in [-0.4, -0.2) is 21.4 Å². The van der Waals surface area contributed by atoms with Gasteiger partial charge < -0.3 is 0 Å². The molecule has 0 radical (unpaired) electrons. The largest absolute Gasteiger partial charge is 0.298 e. The standard InChI is InChI=1S/C18H14Br2N4O3/c19-11-5-6-15-13(9-11)18(27)24(10-21-15)8-7-16(25)22-23-17(26)12-3-1-2-4-14(12)20/h1-6,9-10H,7-8H2,(H,22,25)(H,23,26). The van der Waals surface area contributed by atoms with Gasteiger partial charge in [0, 0.05) is 21.9 Å². The Morgan fingerprint density at radius 1 is 1.07 bits per heavy atom. The van der Waals surface area contributed by atoms with E-state index in [9.17, 15) is 14.4 Å². The number of nitrogens with zero attached hydrogens (tertiary/aromatic N) is 2. The van der Waals surface area contributed by atoms with Crippen molar-refractivity contribution in [2.75, 3.05) is 0 Å². The molecule has 2 N–H and O–H groups in total. The molecular weight excluding hydrogens is 480 g/mol. The average molecular weight is 494 g/mol. The number of halogens is 2. The minimum absolute atomic E-state index is 0.0112. The van der Waals surface area contributed by atoms with Crippen molar-refractivity contribution in [1.29, 1.82) is 0 Å². The second-order valence-corrected chi connectivity index (χ2v) is 7.41. The number of amides is 2. The van der Waals surface area contributed by atoms with Crippen LogP contribution in [0.25, 0.3) is 10.9 Å². The molecule has 138 valence electrons. The Balaban J connectivity index is 1.60. The van der Waals surface area contributed by atoms with E-state index in [0.29, 0.717) is 20.9 Å². The number of nitrogens with one attached hydrogen (secondary N) is 2. The molecule has 9 heteroatoms. The lowest BCUT2D eigenvalue weighted by Gasteiger charge is -2.09. The summed E-state index contributed by atoms with van der Waals surface area (Å²) in [5.41, 5.74) is 5.45. The first-order valence-corrected chi connectivity index (χ1v) is 9.53. The first-order valence-electron chi connectivity index (χ1n) is 7.94. The predicted octanol–water partition coefficient (Wildman–Crippen LogP) is 2.77.